The van der Waals surface area contributed by atoms with E-state index in [9.17, 15) is 9.59 Å². The van der Waals surface area contributed by atoms with Crippen LogP contribution >= 0.6 is 46.6 Å². The fourth-order valence-corrected chi connectivity index (χ4v) is 4.05. The Kier molecular flexibility index (Phi) is 7.02. The molecule has 0 aliphatic heterocycles. The normalized spacial score (nSPS) is 10.7. The number of hydrogen-bond acceptors (Lipinski definition) is 5. The number of carbonyl (C=O) groups is 2. The Morgan fingerprint density at radius 2 is 1.82 bits per heavy atom. The van der Waals surface area contributed by atoms with E-state index in [1.165, 1.54) is 24.0 Å². The van der Waals surface area contributed by atoms with Gasteiger partial charge in [0, 0.05) is 21.5 Å². The third kappa shape index (κ3) is 5.29. The molecule has 1 amide bonds. The summed E-state index contributed by atoms with van der Waals surface area (Å²) in [4.78, 5) is 28.7. The molecule has 0 unspecified atom stereocenters. The van der Waals surface area contributed by atoms with Crippen LogP contribution in [0.3, 0.4) is 0 Å². The minimum atomic E-state index is -0.553. The molecule has 1 heterocycles. The molecule has 5 nitrogen and oxygen atoms in total. The number of thioether (sulfide) groups is 1. The zero-order valence-electron chi connectivity index (χ0n) is 14.2. The van der Waals surface area contributed by atoms with E-state index in [1.54, 1.807) is 6.07 Å². The Balaban J connectivity index is 1.53. The van der Waals surface area contributed by atoms with Crippen molar-refractivity contribution in [3.8, 4) is 0 Å². The van der Waals surface area contributed by atoms with Crippen LogP contribution in [0.15, 0.2) is 53.6 Å². The fourth-order valence-electron chi connectivity index (χ4n) is 2.38. The number of halogens is 3. The van der Waals surface area contributed by atoms with Gasteiger partial charge in [0.15, 0.2) is 12.4 Å². The highest BCUT2D eigenvalue weighted by Crippen LogP contribution is 2.33. The van der Waals surface area contributed by atoms with Gasteiger partial charge in [0.1, 0.15) is 0 Å². The van der Waals surface area contributed by atoms with Crippen LogP contribution < -0.4 is 5.32 Å². The molecule has 1 aromatic heterocycles. The number of pyridine rings is 1. The zero-order chi connectivity index (χ0) is 20.1. The van der Waals surface area contributed by atoms with Gasteiger partial charge in [0.25, 0.3) is 5.91 Å². The lowest BCUT2D eigenvalue weighted by atomic mass is 10.1. The van der Waals surface area contributed by atoms with Crippen LogP contribution in [-0.4, -0.2) is 29.2 Å². The minimum Gasteiger partial charge on any atom is -0.455 e. The second-order valence-electron chi connectivity index (χ2n) is 5.58. The number of rotatable bonds is 6. The lowest BCUT2D eigenvalue weighted by Crippen LogP contribution is -2.22. The number of aromatic nitrogens is 1. The number of benzene rings is 2. The molecular weight excluding hydrogens is 443 g/mol. The van der Waals surface area contributed by atoms with Crippen molar-refractivity contribution in [1.29, 1.82) is 0 Å². The van der Waals surface area contributed by atoms with E-state index in [2.05, 4.69) is 10.3 Å². The van der Waals surface area contributed by atoms with Gasteiger partial charge >= 0.3 is 5.97 Å². The van der Waals surface area contributed by atoms with E-state index in [0.717, 1.165) is 15.7 Å². The third-order valence-electron chi connectivity index (χ3n) is 3.59. The average Bonchev–Trinajstić information content (AvgIpc) is 2.67. The van der Waals surface area contributed by atoms with Gasteiger partial charge in [-0.15, -0.1) is 11.8 Å². The lowest BCUT2D eigenvalue weighted by molar-refractivity contribution is -0.144. The van der Waals surface area contributed by atoms with Gasteiger partial charge in [0.2, 0.25) is 0 Å². The summed E-state index contributed by atoms with van der Waals surface area (Å²) in [5, 5.41) is 5.47. The minimum absolute atomic E-state index is 0.0393. The number of nitrogens with one attached hydrogen (secondary N) is 1. The maximum Gasteiger partial charge on any atom is 0.316 e. The van der Waals surface area contributed by atoms with Crippen LogP contribution in [0.1, 0.15) is 0 Å². The van der Waals surface area contributed by atoms with Gasteiger partial charge < -0.3 is 10.1 Å². The number of fused-ring (bicyclic) bond motifs is 1. The van der Waals surface area contributed by atoms with Crippen molar-refractivity contribution < 1.29 is 14.3 Å². The van der Waals surface area contributed by atoms with Gasteiger partial charge in [-0.25, -0.2) is 4.98 Å². The quantitative estimate of drug-likeness (QED) is 0.394. The van der Waals surface area contributed by atoms with Gasteiger partial charge in [-0.3, -0.25) is 9.59 Å². The van der Waals surface area contributed by atoms with E-state index in [1.807, 2.05) is 30.3 Å². The third-order valence-corrected chi connectivity index (χ3v) is 5.43. The second-order valence-corrected chi connectivity index (χ2v) is 7.84. The highest BCUT2D eigenvalue weighted by Gasteiger charge is 2.13. The maximum atomic E-state index is 12.0. The summed E-state index contributed by atoms with van der Waals surface area (Å²) in [6, 6.07) is 12.8. The number of esters is 1. The Bertz CT molecular complexity index is 1040. The molecule has 0 aliphatic rings. The summed E-state index contributed by atoms with van der Waals surface area (Å²) in [6.07, 6.45) is 1.35. The highest BCUT2D eigenvalue weighted by atomic mass is 35.5. The van der Waals surface area contributed by atoms with Gasteiger partial charge in [-0.1, -0.05) is 59.1 Å². The summed E-state index contributed by atoms with van der Waals surface area (Å²) in [5.74, 6) is -0.896. The number of hydrogen-bond donors (Lipinski definition) is 1. The second kappa shape index (κ2) is 9.47. The van der Waals surface area contributed by atoms with Crippen LogP contribution in [0.4, 0.5) is 5.82 Å². The molecule has 0 saturated heterocycles. The molecule has 0 fully saturated rings. The zero-order valence-corrected chi connectivity index (χ0v) is 17.3. The molecule has 2 aromatic carbocycles. The molecule has 1 N–H and O–H groups in total. The SMILES string of the molecule is O=C(COC(=O)CSc1cccc2cccc(Cl)c12)Nc1ncc(Cl)cc1Cl. The van der Waals surface area contributed by atoms with E-state index in [4.69, 9.17) is 39.5 Å². The Morgan fingerprint density at radius 1 is 1.07 bits per heavy atom. The van der Waals surface area contributed by atoms with Crippen molar-refractivity contribution in [2.75, 3.05) is 17.7 Å². The molecule has 0 aliphatic carbocycles. The van der Waals surface area contributed by atoms with Crippen LogP contribution in [0.25, 0.3) is 10.8 Å². The topological polar surface area (TPSA) is 68.3 Å². The van der Waals surface area contributed by atoms with Gasteiger partial charge in [0.05, 0.1) is 15.8 Å². The number of amides is 1. The molecule has 0 radical (unpaired) electrons. The molecule has 9 heteroatoms. The predicted octanol–water partition coefficient (Wildman–Crippen LogP) is 5.47. The number of ether oxygens (including phenoxy) is 1. The van der Waals surface area contributed by atoms with Crippen molar-refractivity contribution in [2.45, 2.75) is 4.90 Å². The summed E-state index contributed by atoms with van der Waals surface area (Å²) in [5.41, 5.74) is 0. The molecule has 0 saturated carbocycles. The summed E-state index contributed by atoms with van der Waals surface area (Å²) in [7, 11) is 0. The van der Waals surface area contributed by atoms with E-state index in [0.29, 0.717) is 10.0 Å². The van der Waals surface area contributed by atoms with Crippen LogP contribution in [-0.2, 0) is 14.3 Å². The van der Waals surface area contributed by atoms with Crippen molar-refractivity contribution >= 4 is 75.0 Å². The van der Waals surface area contributed by atoms with Crippen LogP contribution in [0, 0.1) is 0 Å². The lowest BCUT2D eigenvalue weighted by Gasteiger charge is -2.09. The van der Waals surface area contributed by atoms with Crippen LogP contribution in [0.2, 0.25) is 15.1 Å². The maximum absolute atomic E-state index is 12.0. The molecule has 28 heavy (non-hydrogen) atoms. The largest absolute Gasteiger partial charge is 0.455 e. The molecular formula is C19H13Cl3N2O3S. The standard InChI is InChI=1S/C19H13Cl3N2O3S/c20-12-7-14(22)19(23-8-12)24-16(25)9-27-17(26)10-28-15-6-2-4-11-3-1-5-13(21)18(11)15/h1-8H,9-10H2,(H,23,24,25). The molecule has 0 atom stereocenters. The molecule has 0 spiro atoms. The Labute approximate surface area is 180 Å². The van der Waals surface area contributed by atoms with Crippen molar-refractivity contribution in [3.05, 3.63) is 63.7 Å². The predicted molar refractivity (Wildman–Crippen MR) is 114 cm³/mol. The first-order valence-electron chi connectivity index (χ1n) is 8.00. The average molecular weight is 456 g/mol. The number of nitrogens with zero attached hydrogens (tertiary/aromatic N) is 1. The van der Waals surface area contributed by atoms with Crippen molar-refractivity contribution in [1.82, 2.24) is 4.98 Å². The van der Waals surface area contributed by atoms with Crippen molar-refractivity contribution in [2.24, 2.45) is 0 Å². The summed E-state index contributed by atoms with van der Waals surface area (Å²) in [6.45, 7) is -0.448. The van der Waals surface area contributed by atoms with E-state index in [-0.39, 0.29) is 16.6 Å². The molecule has 144 valence electrons. The first kappa shape index (κ1) is 20.7. The molecule has 3 rings (SSSR count). The van der Waals surface area contributed by atoms with Gasteiger partial charge in [-0.2, -0.15) is 0 Å². The van der Waals surface area contributed by atoms with Crippen molar-refractivity contribution in [3.63, 3.8) is 0 Å². The van der Waals surface area contributed by atoms with Crippen LogP contribution in [0.5, 0.6) is 0 Å². The fraction of sp³-hybridized carbons (Fsp3) is 0.105. The monoisotopic (exact) mass is 454 g/mol. The Hall–Kier alpha value is -1.99. The summed E-state index contributed by atoms with van der Waals surface area (Å²) < 4.78 is 5.00. The summed E-state index contributed by atoms with van der Waals surface area (Å²) >= 11 is 19.2. The number of anilines is 1. The van der Waals surface area contributed by atoms with Gasteiger partial charge in [-0.05, 0) is 23.6 Å². The highest BCUT2D eigenvalue weighted by molar-refractivity contribution is 8.00. The Morgan fingerprint density at radius 3 is 2.57 bits per heavy atom. The number of carbonyl (C=O) groups excluding carboxylic acids is 2. The first-order chi connectivity index (χ1) is 13.4. The van der Waals surface area contributed by atoms with E-state index < -0.39 is 18.5 Å². The van der Waals surface area contributed by atoms with E-state index >= 15 is 0 Å². The first-order valence-corrected chi connectivity index (χ1v) is 10.1. The molecule has 0 bridgehead atoms. The smallest absolute Gasteiger partial charge is 0.316 e. The molecule has 3 aromatic rings.